The highest BCUT2D eigenvalue weighted by atomic mass is 16.5. The van der Waals surface area contributed by atoms with Gasteiger partial charge in [0.15, 0.2) is 6.61 Å². The second-order valence-corrected chi connectivity index (χ2v) is 6.59. The van der Waals surface area contributed by atoms with Crippen molar-refractivity contribution in [3.05, 3.63) is 52.8 Å². The molecular formula is C20H24N2O4. The normalized spacial score (nSPS) is 13.3. The Labute approximate surface area is 153 Å². The molecule has 1 heterocycles. The Morgan fingerprint density at radius 1 is 1.23 bits per heavy atom. The Hall–Kier alpha value is -2.76. The average Bonchev–Trinajstić information content (AvgIpc) is 3.43. The largest absolute Gasteiger partial charge is 0.497 e. The number of hydrogen-bond acceptors (Lipinski definition) is 4. The van der Waals surface area contributed by atoms with Crippen LogP contribution < -0.4 is 10.1 Å². The lowest BCUT2D eigenvalue weighted by atomic mass is 10.2. The molecule has 26 heavy (non-hydrogen) atoms. The topological polar surface area (TPSA) is 69.6 Å². The zero-order valence-corrected chi connectivity index (χ0v) is 15.4. The second-order valence-electron chi connectivity index (χ2n) is 6.59. The maximum atomic E-state index is 12.3. The van der Waals surface area contributed by atoms with E-state index in [-0.39, 0.29) is 12.5 Å². The Balaban J connectivity index is 1.51. The lowest BCUT2D eigenvalue weighted by Crippen LogP contribution is -2.28. The van der Waals surface area contributed by atoms with Gasteiger partial charge in [-0.1, -0.05) is 12.1 Å². The van der Waals surface area contributed by atoms with Gasteiger partial charge in [0.1, 0.15) is 5.75 Å². The predicted molar refractivity (Wildman–Crippen MR) is 97.3 cm³/mol. The fourth-order valence-corrected chi connectivity index (χ4v) is 3.12. The molecule has 0 spiro atoms. The van der Waals surface area contributed by atoms with Crippen LogP contribution in [0, 0.1) is 13.8 Å². The molecule has 1 N–H and O–H groups in total. The first-order valence-electron chi connectivity index (χ1n) is 8.74. The van der Waals surface area contributed by atoms with Gasteiger partial charge in [-0.25, -0.2) is 4.79 Å². The van der Waals surface area contributed by atoms with E-state index in [4.69, 9.17) is 9.47 Å². The van der Waals surface area contributed by atoms with Crippen molar-refractivity contribution >= 4 is 11.9 Å². The summed E-state index contributed by atoms with van der Waals surface area (Å²) in [4.78, 5) is 24.3. The number of rotatable bonds is 7. The maximum Gasteiger partial charge on any atom is 0.340 e. The van der Waals surface area contributed by atoms with Gasteiger partial charge in [0, 0.05) is 24.0 Å². The molecule has 6 heteroatoms. The molecule has 0 bridgehead atoms. The molecule has 0 atom stereocenters. The van der Waals surface area contributed by atoms with Gasteiger partial charge in [-0.15, -0.1) is 0 Å². The van der Waals surface area contributed by atoms with E-state index in [0.29, 0.717) is 18.2 Å². The highest BCUT2D eigenvalue weighted by Crippen LogP contribution is 2.38. The van der Waals surface area contributed by atoms with Crippen LogP contribution in [0.5, 0.6) is 5.75 Å². The van der Waals surface area contributed by atoms with Gasteiger partial charge in [0.2, 0.25) is 0 Å². The van der Waals surface area contributed by atoms with Crippen LogP contribution in [-0.4, -0.2) is 30.2 Å². The van der Waals surface area contributed by atoms with Crippen LogP contribution in [0.25, 0.3) is 0 Å². The number of nitrogens with one attached hydrogen (secondary N) is 1. The van der Waals surface area contributed by atoms with Gasteiger partial charge in [0.25, 0.3) is 5.91 Å². The lowest BCUT2D eigenvalue weighted by molar-refractivity contribution is -0.124. The van der Waals surface area contributed by atoms with E-state index in [1.807, 2.05) is 44.2 Å². The molecular weight excluding hydrogens is 332 g/mol. The summed E-state index contributed by atoms with van der Waals surface area (Å²) in [5, 5.41) is 2.74. The van der Waals surface area contributed by atoms with Crippen molar-refractivity contribution < 1.29 is 19.1 Å². The minimum Gasteiger partial charge on any atom is -0.497 e. The number of aromatic nitrogens is 1. The van der Waals surface area contributed by atoms with Crippen molar-refractivity contribution in [2.24, 2.45) is 0 Å². The number of aryl methyl sites for hydroxylation is 1. The van der Waals surface area contributed by atoms with E-state index in [2.05, 4.69) is 9.88 Å². The highest BCUT2D eigenvalue weighted by Gasteiger charge is 2.28. The minimum absolute atomic E-state index is 0.296. The van der Waals surface area contributed by atoms with Crippen molar-refractivity contribution in [2.45, 2.75) is 39.3 Å². The average molecular weight is 356 g/mol. The van der Waals surface area contributed by atoms with E-state index in [1.165, 1.54) is 0 Å². The first-order chi connectivity index (χ1) is 12.5. The smallest absolute Gasteiger partial charge is 0.340 e. The molecule has 6 nitrogen and oxygen atoms in total. The monoisotopic (exact) mass is 356 g/mol. The zero-order chi connectivity index (χ0) is 18.7. The third-order valence-electron chi connectivity index (χ3n) is 4.57. The molecule has 2 aromatic rings. The van der Waals surface area contributed by atoms with Crippen LogP contribution in [0.4, 0.5) is 0 Å². The Kier molecular flexibility index (Phi) is 5.30. The van der Waals surface area contributed by atoms with Crippen molar-refractivity contribution in [3.8, 4) is 5.75 Å². The van der Waals surface area contributed by atoms with E-state index in [9.17, 15) is 9.59 Å². The van der Waals surface area contributed by atoms with Gasteiger partial charge in [-0.3, -0.25) is 4.79 Å². The predicted octanol–water partition coefficient (Wildman–Crippen LogP) is 2.92. The molecule has 1 amide bonds. The SMILES string of the molecule is COc1cccc(CNC(=O)COC(=O)c2cc(C)n(C3CC3)c2C)c1. The van der Waals surface area contributed by atoms with Crippen LogP contribution in [-0.2, 0) is 16.1 Å². The molecule has 1 aromatic heterocycles. The van der Waals surface area contributed by atoms with Crippen LogP contribution >= 0.6 is 0 Å². The first-order valence-corrected chi connectivity index (χ1v) is 8.74. The summed E-state index contributed by atoms with van der Waals surface area (Å²) in [6.45, 7) is 3.97. The molecule has 1 fully saturated rings. The fourth-order valence-electron chi connectivity index (χ4n) is 3.12. The molecule has 1 aromatic carbocycles. The Morgan fingerprint density at radius 3 is 2.69 bits per heavy atom. The number of carbonyl (C=O) groups excluding carboxylic acids is 2. The maximum absolute atomic E-state index is 12.3. The molecule has 1 saturated carbocycles. The van der Waals surface area contributed by atoms with Crippen LogP contribution in [0.2, 0.25) is 0 Å². The quantitative estimate of drug-likeness (QED) is 0.775. The first kappa shape index (κ1) is 18.0. The second kappa shape index (κ2) is 7.64. The molecule has 3 rings (SSSR count). The van der Waals surface area contributed by atoms with Gasteiger partial charge < -0.3 is 19.4 Å². The Morgan fingerprint density at radius 2 is 2.00 bits per heavy atom. The van der Waals surface area contributed by atoms with Crippen molar-refractivity contribution in [1.82, 2.24) is 9.88 Å². The van der Waals surface area contributed by atoms with E-state index in [0.717, 1.165) is 35.5 Å². The number of hydrogen-bond donors (Lipinski definition) is 1. The van der Waals surface area contributed by atoms with Crippen molar-refractivity contribution in [1.29, 1.82) is 0 Å². The van der Waals surface area contributed by atoms with Crippen LogP contribution in [0.1, 0.15) is 46.2 Å². The fraction of sp³-hybridized carbons (Fsp3) is 0.400. The van der Waals surface area contributed by atoms with E-state index >= 15 is 0 Å². The molecule has 1 aliphatic carbocycles. The molecule has 1 aliphatic rings. The minimum atomic E-state index is -0.457. The number of ether oxygens (including phenoxy) is 2. The van der Waals surface area contributed by atoms with E-state index in [1.54, 1.807) is 7.11 Å². The standard InChI is InChI=1S/C20H24N2O4/c1-13-9-18(14(2)22(13)16-7-8-16)20(24)26-12-19(23)21-11-15-5-4-6-17(10-15)25-3/h4-6,9-10,16H,7-8,11-12H2,1-3H3,(H,21,23). The number of esters is 1. The lowest BCUT2D eigenvalue weighted by Gasteiger charge is -2.09. The summed E-state index contributed by atoms with van der Waals surface area (Å²) in [7, 11) is 1.59. The van der Waals surface area contributed by atoms with Gasteiger partial charge >= 0.3 is 5.97 Å². The zero-order valence-electron chi connectivity index (χ0n) is 15.4. The summed E-state index contributed by atoms with van der Waals surface area (Å²) in [5.41, 5.74) is 3.42. The number of nitrogens with zero attached hydrogens (tertiary/aromatic N) is 1. The molecule has 0 aliphatic heterocycles. The van der Waals surface area contributed by atoms with Gasteiger partial charge in [-0.05, 0) is 50.5 Å². The van der Waals surface area contributed by atoms with Crippen molar-refractivity contribution in [3.63, 3.8) is 0 Å². The van der Waals surface area contributed by atoms with Crippen LogP contribution in [0.15, 0.2) is 30.3 Å². The summed E-state index contributed by atoms with van der Waals surface area (Å²) >= 11 is 0. The number of amides is 1. The molecule has 0 unspecified atom stereocenters. The third-order valence-corrected chi connectivity index (χ3v) is 4.57. The molecule has 0 saturated heterocycles. The van der Waals surface area contributed by atoms with Gasteiger partial charge in [0.05, 0.1) is 12.7 Å². The highest BCUT2D eigenvalue weighted by molar-refractivity contribution is 5.92. The van der Waals surface area contributed by atoms with Crippen LogP contribution in [0.3, 0.4) is 0 Å². The number of benzene rings is 1. The summed E-state index contributed by atoms with van der Waals surface area (Å²) in [6, 6.07) is 9.77. The summed E-state index contributed by atoms with van der Waals surface area (Å²) < 4.78 is 12.5. The molecule has 0 radical (unpaired) electrons. The van der Waals surface area contributed by atoms with Gasteiger partial charge in [-0.2, -0.15) is 0 Å². The van der Waals surface area contributed by atoms with E-state index < -0.39 is 5.97 Å². The Bertz CT molecular complexity index is 821. The third kappa shape index (κ3) is 4.07. The van der Waals surface area contributed by atoms with Crippen molar-refractivity contribution in [2.75, 3.05) is 13.7 Å². The number of methoxy groups -OCH3 is 1. The summed E-state index contributed by atoms with van der Waals surface area (Å²) in [5.74, 6) is -0.0621. The molecule has 138 valence electrons. The summed E-state index contributed by atoms with van der Waals surface area (Å²) in [6.07, 6.45) is 2.30. The number of carbonyl (C=O) groups is 2.